The lowest BCUT2D eigenvalue weighted by molar-refractivity contribution is -0.136. The Labute approximate surface area is 86.9 Å². The molecule has 0 heterocycles. The number of rotatable bonds is 4. The molecule has 0 aromatic heterocycles. The first-order chi connectivity index (χ1) is 7.08. The number of hydrogen-bond acceptors (Lipinski definition) is 4. The molecule has 0 unspecified atom stereocenters. The first-order valence-electron chi connectivity index (χ1n) is 4.24. The van der Waals surface area contributed by atoms with Crippen molar-refractivity contribution in [2.45, 2.75) is 6.42 Å². The van der Waals surface area contributed by atoms with Crippen LogP contribution in [0.2, 0.25) is 0 Å². The average Bonchev–Trinajstić information content (AvgIpc) is 2.19. The van der Waals surface area contributed by atoms with Crippen LogP contribution in [0.1, 0.15) is 5.56 Å². The highest BCUT2D eigenvalue weighted by Crippen LogP contribution is 2.34. The molecule has 2 N–H and O–H groups in total. The van der Waals surface area contributed by atoms with E-state index >= 15 is 0 Å². The molecule has 5 heteroatoms. The molecule has 0 spiro atoms. The Morgan fingerprint density at radius 3 is 2.27 bits per heavy atom. The second kappa shape index (κ2) is 4.54. The fourth-order valence-corrected chi connectivity index (χ4v) is 1.21. The highest BCUT2D eigenvalue weighted by atomic mass is 16.5. The van der Waals surface area contributed by atoms with Crippen molar-refractivity contribution in [2.75, 3.05) is 14.2 Å². The van der Waals surface area contributed by atoms with Crippen molar-refractivity contribution < 1.29 is 24.5 Å². The van der Waals surface area contributed by atoms with Crippen LogP contribution >= 0.6 is 0 Å². The van der Waals surface area contributed by atoms with Gasteiger partial charge in [0, 0.05) is 11.6 Å². The van der Waals surface area contributed by atoms with Gasteiger partial charge in [0.2, 0.25) is 0 Å². The predicted octanol–water partition coefficient (Wildman–Crippen LogP) is 1.04. The van der Waals surface area contributed by atoms with Crippen LogP contribution in [0.25, 0.3) is 0 Å². The zero-order chi connectivity index (χ0) is 11.4. The van der Waals surface area contributed by atoms with Crippen molar-refractivity contribution in [3.63, 3.8) is 0 Å². The van der Waals surface area contributed by atoms with Gasteiger partial charge in [0.05, 0.1) is 20.6 Å². The maximum Gasteiger partial charge on any atom is 0.307 e. The number of hydrogen-bond donors (Lipinski definition) is 2. The highest BCUT2D eigenvalue weighted by Gasteiger charge is 2.12. The van der Waals surface area contributed by atoms with E-state index in [0.717, 1.165) is 0 Å². The van der Waals surface area contributed by atoms with Crippen LogP contribution in [-0.2, 0) is 11.2 Å². The van der Waals surface area contributed by atoms with Gasteiger partial charge in [0.1, 0.15) is 5.75 Å². The van der Waals surface area contributed by atoms with Gasteiger partial charge in [-0.05, 0) is 6.07 Å². The summed E-state index contributed by atoms with van der Waals surface area (Å²) in [7, 11) is 2.88. The van der Waals surface area contributed by atoms with Crippen LogP contribution in [-0.4, -0.2) is 30.4 Å². The van der Waals surface area contributed by atoms with Gasteiger partial charge in [-0.1, -0.05) is 0 Å². The monoisotopic (exact) mass is 212 g/mol. The molecule has 1 rings (SSSR count). The third-order valence-electron chi connectivity index (χ3n) is 1.93. The molecule has 1 aromatic carbocycles. The van der Waals surface area contributed by atoms with Crippen molar-refractivity contribution in [1.29, 1.82) is 0 Å². The van der Waals surface area contributed by atoms with E-state index in [1.54, 1.807) is 0 Å². The van der Waals surface area contributed by atoms with Gasteiger partial charge in [0.25, 0.3) is 0 Å². The molecule has 0 aliphatic rings. The van der Waals surface area contributed by atoms with E-state index in [2.05, 4.69) is 0 Å². The molecule has 0 aliphatic heterocycles. The molecule has 0 saturated carbocycles. The zero-order valence-electron chi connectivity index (χ0n) is 8.48. The van der Waals surface area contributed by atoms with E-state index < -0.39 is 5.97 Å². The number of benzene rings is 1. The van der Waals surface area contributed by atoms with Crippen molar-refractivity contribution in [3.05, 3.63) is 17.7 Å². The number of carboxylic acid groups (broad SMARTS) is 1. The van der Waals surface area contributed by atoms with Crippen molar-refractivity contribution >= 4 is 5.97 Å². The number of carboxylic acids is 1. The van der Waals surface area contributed by atoms with Crippen LogP contribution in [0.5, 0.6) is 17.2 Å². The maximum atomic E-state index is 10.5. The van der Waals surface area contributed by atoms with Crippen LogP contribution in [0.4, 0.5) is 0 Å². The molecule has 0 radical (unpaired) electrons. The van der Waals surface area contributed by atoms with Gasteiger partial charge in [-0.15, -0.1) is 0 Å². The summed E-state index contributed by atoms with van der Waals surface area (Å²) in [6.45, 7) is 0. The summed E-state index contributed by atoms with van der Waals surface area (Å²) in [6.07, 6.45) is -0.258. The minimum absolute atomic E-state index is 0.116. The molecular weight excluding hydrogens is 200 g/mol. The first kappa shape index (κ1) is 11.2. The fraction of sp³-hybridized carbons (Fsp3) is 0.300. The molecule has 0 saturated heterocycles. The maximum absolute atomic E-state index is 10.5. The predicted molar refractivity (Wildman–Crippen MR) is 52.6 cm³/mol. The van der Waals surface area contributed by atoms with Gasteiger partial charge in [0.15, 0.2) is 11.5 Å². The molecule has 82 valence electrons. The Hall–Kier alpha value is -1.91. The highest BCUT2D eigenvalue weighted by molar-refractivity contribution is 5.72. The molecule has 0 bridgehead atoms. The summed E-state index contributed by atoms with van der Waals surface area (Å²) in [5.41, 5.74) is 0.292. The minimum atomic E-state index is -1.02. The molecule has 1 aromatic rings. The second-order valence-electron chi connectivity index (χ2n) is 2.91. The smallest absolute Gasteiger partial charge is 0.307 e. The summed E-state index contributed by atoms with van der Waals surface area (Å²) in [6, 6.07) is 2.78. The molecule has 0 aliphatic carbocycles. The summed E-state index contributed by atoms with van der Waals surface area (Å²) < 4.78 is 9.93. The van der Waals surface area contributed by atoms with E-state index in [9.17, 15) is 9.90 Å². The average molecular weight is 212 g/mol. The Kier molecular flexibility index (Phi) is 3.38. The Morgan fingerprint density at radius 2 is 1.80 bits per heavy atom. The fourth-order valence-electron chi connectivity index (χ4n) is 1.21. The SMILES string of the molecule is COc1cc(O)c(CC(=O)O)cc1OC. The lowest BCUT2D eigenvalue weighted by Crippen LogP contribution is -2.01. The minimum Gasteiger partial charge on any atom is -0.508 e. The van der Waals surface area contributed by atoms with Crippen LogP contribution in [0, 0.1) is 0 Å². The Morgan fingerprint density at radius 1 is 1.27 bits per heavy atom. The van der Waals surface area contributed by atoms with Crippen LogP contribution in [0.15, 0.2) is 12.1 Å². The van der Waals surface area contributed by atoms with Crippen molar-refractivity contribution in [2.24, 2.45) is 0 Å². The third-order valence-corrected chi connectivity index (χ3v) is 1.93. The largest absolute Gasteiger partial charge is 0.508 e. The van der Waals surface area contributed by atoms with Gasteiger partial charge in [-0.2, -0.15) is 0 Å². The molecule has 0 atom stereocenters. The number of aliphatic carboxylic acids is 1. The van der Waals surface area contributed by atoms with Gasteiger partial charge >= 0.3 is 5.97 Å². The quantitative estimate of drug-likeness (QED) is 0.779. The number of aromatic hydroxyl groups is 1. The lowest BCUT2D eigenvalue weighted by Gasteiger charge is -2.10. The number of phenolic OH excluding ortho intramolecular Hbond substituents is 1. The van der Waals surface area contributed by atoms with Crippen LogP contribution < -0.4 is 9.47 Å². The van der Waals surface area contributed by atoms with E-state index in [0.29, 0.717) is 17.1 Å². The number of carbonyl (C=O) groups is 1. The first-order valence-corrected chi connectivity index (χ1v) is 4.24. The Bertz CT molecular complexity index is 372. The molecule has 0 fully saturated rings. The lowest BCUT2D eigenvalue weighted by atomic mass is 10.1. The van der Waals surface area contributed by atoms with E-state index in [4.69, 9.17) is 14.6 Å². The molecule has 15 heavy (non-hydrogen) atoms. The van der Waals surface area contributed by atoms with E-state index in [-0.39, 0.29) is 12.2 Å². The normalized spacial score (nSPS) is 9.73. The standard InChI is InChI=1S/C10H12O5/c1-14-8-3-6(4-10(12)13)7(11)5-9(8)15-2/h3,5,11H,4H2,1-2H3,(H,12,13). The van der Waals surface area contributed by atoms with Gasteiger partial charge in [-0.25, -0.2) is 0 Å². The number of methoxy groups -OCH3 is 2. The summed E-state index contributed by atoms with van der Waals surface area (Å²) in [5.74, 6) is -0.372. The summed E-state index contributed by atoms with van der Waals surface area (Å²) in [4.78, 5) is 10.5. The zero-order valence-corrected chi connectivity index (χ0v) is 8.48. The number of ether oxygens (including phenoxy) is 2. The molecule has 0 amide bonds. The van der Waals surface area contributed by atoms with Gasteiger partial charge < -0.3 is 19.7 Å². The van der Waals surface area contributed by atoms with Crippen LogP contribution in [0.3, 0.4) is 0 Å². The molecular formula is C10H12O5. The van der Waals surface area contributed by atoms with E-state index in [1.165, 1.54) is 26.4 Å². The van der Waals surface area contributed by atoms with Crippen molar-refractivity contribution in [3.8, 4) is 17.2 Å². The Balaban J connectivity index is 3.13. The number of phenols is 1. The second-order valence-corrected chi connectivity index (χ2v) is 2.91. The summed E-state index contributed by atoms with van der Waals surface area (Å²) in [5, 5.41) is 18.1. The third kappa shape index (κ3) is 2.52. The molecule has 5 nitrogen and oxygen atoms in total. The summed E-state index contributed by atoms with van der Waals surface area (Å²) >= 11 is 0. The topological polar surface area (TPSA) is 76.0 Å². The van der Waals surface area contributed by atoms with Crippen molar-refractivity contribution in [1.82, 2.24) is 0 Å². The van der Waals surface area contributed by atoms with Gasteiger partial charge in [-0.3, -0.25) is 4.79 Å². The van der Waals surface area contributed by atoms with E-state index in [1.807, 2.05) is 0 Å².